The van der Waals surface area contributed by atoms with E-state index < -0.39 is 5.41 Å². The number of nitrogens with zero attached hydrogens (tertiary/aromatic N) is 1. The van der Waals surface area contributed by atoms with E-state index in [-0.39, 0.29) is 24.3 Å². The Kier molecular flexibility index (Phi) is 7.38. The van der Waals surface area contributed by atoms with E-state index in [9.17, 15) is 9.59 Å². The molecule has 3 aromatic carbocycles. The van der Waals surface area contributed by atoms with Crippen LogP contribution in [-0.2, 0) is 26.2 Å². The van der Waals surface area contributed by atoms with Crippen molar-refractivity contribution in [1.29, 1.82) is 0 Å². The van der Waals surface area contributed by atoms with Crippen LogP contribution < -0.4 is 5.32 Å². The van der Waals surface area contributed by atoms with Crippen LogP contribution in [0, 0.1) is 13.8 Å². The standard InChI is InChI=1S/C33H34N2O4/c1-5-38-32(37)33(18-19-33)27-16-14-25(15-17-27)24-10-12-26(13-11-24)31-29(23(4)35-39-31)20-30(36)34-22(3)28-9-7-6-8-21(28)2/h6-17,22H,5,18-20H2,1-4H3,(H,34,36)/t22-/m0/s1. The van der Waals surface area contributed by atoms with Crippen molar-refractivity contribution in [2.75, 3.05) is 6.61 Å². The van der Waals surface area contributed by atoms with Crippen LogP contribution >= 0.6 is 0 Å². The maximum atomic E-state index is 13.0. The smallest absolute Gasteiger partial charge is 0.316 e. The van der Waals surface area contributed by atoms with E-state index in [1.165, 1.54) is 0 Å². The van der Waals surface area contributed by atoms with Crippen LogP contribution in [0.2, 0.25) is 0 Å². The maximum Gasteiger partial charge on any atom is 0.316 e. The highest BCUT2D eigenvalue weighted by atomic mass is 16.5. The third-order valence-electron chi connectivity index (χ3n) is 7.69. The van der Waals surface area contributed by atoms with Gasteiger partial charge in [-0.25, -0.2) is 0 Å². The Morgan fingerprint density at radius 2 is 1.56 bits per heavy atom. The maximum absolute atomic E-state index is 13.0. The summed E-state index contributed by atoms with van der Waals surface area (Å²) in [5.74, 6) is 0.406. The second-order valence-electron chi connectivity index (χ2n) is 10.4. The van der Waals surface area contributed by atoms with Crippen LogP contribution in [0.5, 0.6) is 0 Å². The number of benzene rings is 3. The van der Waals surface area contributed by atoms with Gasteiger partial charge in [0.05, 0.1) is 30.2 Å². The molecule has 1 amide bonds. The molecule has 1 aromatic heterocycles. The van der Waals surface area contributed by atoms with Gasteiger partial charge in [-0.15, -0.1) is 0 Å². The molecule has 0 saturated heterocycles. The largest absolute Gasteiger partial charge is 0.465 e. The third-order valence-corrected chi connectivity index (χ3v) is 7.69. The summed E-state index contributed by atoms with van der Waals surface area (Å²) in [6, 6.07) is 24.2. The Bertz CT molecular complexity index is 1480. The quantitative estimate of drug-likeness (QED) is 0.249. The zero-order valence-electron chi connectivity index (χ0n) is 22.9. The van der Waals surface area contributed by atoms with Gasteiger partial charge in [-0.1, -0.05) is 78.0 Å². The zero-order valence-corrected chi connectivity index (χ0v) is 22.9. The van der Waals surface area contributed by atoms with Gasteiger partial charge in [-0.2, -0.15) is 0 Å². The number of carbonyl (C=O) groups is 2. The average molecular weight is 523 g/mol. The number of esters is 1. The van der Waals surface area contributed by atoms with E-state index in [2.05, 4.69) is 10.5 Å². The molecule has 6 heteroatoms. The molecule has 0 radical (unpaired) electrons. The molecule has 0 aliphatic heterocycles. The fourth-order valence-corrected chi connectivity index (χ4v) is 5.23. The number of hydrogen-bond donors (Lipinski definition) is 1. The van der Waals surface area contributed by atoms with Gasteiger partial charge in [0.25, 0.3) is 0 Å². The summed E-state index contributed by atoms with van der Waals surface area (Å²) < 4.78 is 11.0. The predicted molar refractivity (Wildman–Crippen MR) is 151 cm³/mol. The zero-order chi connectivity index (χ0) is 27.6. The second kappa shape index (κ2) is 10.9. The molecule has 1 N–H and O–H groups in total. The van der Waals surface area contributed by atoms with E-state index >= 15 is 0 Å². The summed E-state index contributed by atoms with van der Waals surface area (Å²) in [5.41, 5.74) is 7.26. The molecule has 1 saturated carbocycles. The molecule has 6 nitrogen and oxygen atoms in total. The number of amides is 1. The Morgan fingerprint density at radius 3 is 2.18 bits per heavy atom. The summed E-state index contributed by atoms with van der Waals surface area (Å²) in [5, 5.41) is 7.26. The third kappa shape index (κ3) is 5.37. The number of hydrogen-bond acceptors (Lipinski definition) is 5. The predicted octanol–water partition coefficient (Wildman–Crippen LogP) is 6.64. The summed E-state index contributed by atoms with van der Waals surface area (Å²) in [7, 11) is 0. The number of aryl methyl sites for hydroxylation is 2. The van der Waals surface area contributed by atoms with Gasteiger partial charge < -0.3 is 14.6 Å². The summed E-state index contributed by atoms with van der Waals surface area (Å²) >= 11 is 0. The van der Waals surface area contributed by atoms with Crippen LogP contribution in [0.4, 0.5) is 0 Å². The second-order valence-corrected chi connectivity index (χ2v) is 10.4. The Morgan fingerprint density at radius 1 is 0.949 bits per heavy atom. The SMILES string of the molecule is CCOC(=O)C1(c2ccc(-c3ccc(-c4onc(C)c4CC(=O)N[C@@H](C)c4ccccc4C)cc3)cc2)CC1. The molecule has 1 aliphatic carbocycles. The van der Waals surface area contributed by atoms with E-state index in [0.29, 0.717) is 18.1 Å². The molecule has 200 valence electrons. The summed E-state index contributed by atoms with van der Waals surface area (Å²) in [6.45, 7) is 8.14. The lowest BCUT2D eigenvalue weighted by Gasteiger charge is -2.16. The van der Waals surface area contributed by atoms with Crippen molar-refractivity contribution >= 4 is 11.9 Å². The minimum absolute atomic E-state index is 0.0775. The van der Waals surface area contributed by atoms with Crippen LogP contribution in [0.1, 0.15) is 60.7 Å². The van der Waals surface area contributed by atoms with Crippen molar-refractivity contribution in [1.82, 2.24) is 10.5 Å². The summed E-state index contributed by atoms with van der Waals surface area (Å²) in [6.07, 6.45) is 1.86. The van der Waals surface area contributed by atoms with Gasteiger partial charge in [0, 0.05) is 11.1 Å². The van der Waals surface area contributed by atoms with Crippen molar-refractivity contribution in [2.24, 2.45) is 0 Å². The minimum atomic E-state index is -0.469. The molecule has 1 heterocycles. The molecule has 1 fully saturated rings. The number of aromatic nitrogens is 1. The molecule has 0 bridgehead atoms. The van der Waals surface area contributed by atoms with Gasteiger partial charge in [-0.05, 0) is 68.4 Å². The van der Waals surface area contributed by atoms with Gasteiger partial charge >= 0.3 is 5.97 Å². The lowest BCUT2D eigenvalue weighted by molar-refractivity contribution is -0.146. The van der Waals surface area contributed by atoms with Gasteiger partial charge in [-0.3, -0.25) is 9.59 Å². The minimum Gasteiger partial charge on any atom is -0.465 e. The van der Waals surface area contributed by atoms with E-state index in [4.69, 9.17) is 9.26 Å². The van der Waals surface area contributed by atoms with Gasteiger partial charge in [0.15, 0.2) is 5.76 Å². The molecular weight excluding hydrogens is 488 g/mol. The van der Waals surface area contributed by atoms with Crippen molar-refractivity contribution in [2.45, 2.75) is 58.4 Å². The van der Waals surface area contributed by atoms with Crippen molar-refractivity contribution in [3.63, 3.8) is 0 Å². The fourth-order valence-electron chi connectivity index (χ4n) is 5.23. The van der Waals surface area contributed by atoms with Crippen LogP contribution in [0.25, 0.3) is 22.5 Å². The molecule has 39 heavy (non-hydrogen) atoms. The van der Waals surface area contributed by atoms with Crippen molar-refractivity contribution in [3.05, 3.63) is 101 Å². The normalized spacial score (nSPS) is 14.5. The van der Waals surface area contributed by atoms with E-state index in [1.807, 2.05) is 100 Å². The molecule has 1 aliphatic rings. The van der Waals surface area contributed by atoms with Gasteiger partial charge in [0.1, 0.15) is 0 Å². The first-order valence-corrected chi connectivity index (χ1v) is 13.5. The first-order chi connectivity index (χ1) is 18.8. The van der Waals surface area contributed by atoms with Crippen LogP contribution in [0.15, 0.2) is 77.3 Å². The molecular formula is C33H34N2O4. The Balaban J connectivity index is 1.29. The van der Waals surface area contributed by atoms with Crippen LogP contribution in [-0.4, -0.2) is 23.6 Å². The highest BCUT2D eigenvalue weighted by Gasteiger charge is 2.52. The Hall–Kier alpha value is -4.19. The number of ether oxygens (including phenoxy) is 1. The molecule has 0 unspecified atom stereocenters. The monoisotopic (exact) mass is 522 g/mol. The topological polar surface area (TPSA) is 81.4 Å². The highest BCUT2D eigenvalue weighted by molar-refractivity contribution is 5.87. The molecule has 1 atom stereocenters. The van der Waals surface area contributed by atoms with E-state index in [1.54, 1.807) is 0 Å². The first kappa shape index (κ1) is 26.4. The van der Waals surface area contributed by atoms with Crippen molar-refractivity contribution < 1.29 is 18.8 Å². The van der Waals surface area contributed by atoms with Crippen molar-refractivity contribution in [3.8, 4) is 22.5 Å². The Labute approximate surface area is 229 Å². The van der Waals surface area contributed by atoms with E-state index in [0.717, 1.165) is 51.8 Å². The number of nitrogens with one attached hydrogen (secondary N) is 1. The number of carbonyl (C=O) groups excluding carboxylic acids is 2. The summed E-state index contributed by atoms with van der Waals surface area (Å²) in [4.78, 5) is 25.4. The molecule has 5 rings (SSSR count). The fraction of sp³-hybridized carbons (Fsp3) is 0.303. The molecule has 0 spiro atoms. The lowest BCUT2D eigenvalue weighted by atomic mass is 9.93. The first-order valence-electron chi connectivity index (χ1n) is 13.5. The average Bonchev–Trinajstić information content (AvgIpc) is 3.68. The van der Waals surface area contributed by atoms with Crippen LogP contribution in [0.3, 0.4) is 0 Å². The molecule has 4 aromatic rings. The highest BCUT2D eigenvalue weighted by Crippen LogP contribution is 2.49. The number of rotatable bonds is 9. The lowest BCUT2D eigenvalue weighted by Crippen LogP contribution is -2.28. The van der Waals surface area contributed by atoms with Gasteiger partial charge in [0.2, 0.25) is 5.91 Å².